The van der Waals surface area contributed by atoms with Gasteiger partial charge in [-0.15, -0.1) is 0 Å². The third-order valence-corrected chi connectivity index (χ3v) is 3.89. The van der Waals surface area contributed by atoms with Gasteiger partial charge in [0.1, 0.15) is 5.75 Å². The summed E-state index contributed by atoms with van der Waals surface area (Å²) < 4.78 is 5.43. The normalized spacial score (nSPS) is 18.2. The van der Waals surface area contributed by atoms with E-state index in [2.05, 4.69) is 17.4 Å². The zero-order valence-electron chi connectivity index (χ0n) is 11.8. The largest absolute Gasteiger partial charge is 0.494 e. The molecule has 0 amide bonds. The molecule has 1 unspecified atom stereocenters. The van der Waals surface area contributed by atoms with Gasteiger partial charge in [-0.25, -0.2) is 0 Å². The van der Waals surface area contributed by atoms with Crippen LogP contribution >= 0.6 is 0 Å². The number of aliphatic hydroxyl groups is 1. The molecule has 1 aliphatic rings. The zero-order valence-corrected chi connectivity index (χ0v) is 11.8. The Morgan fingerprint density at radius 1 is 1.26 bits per heavy atom. The number of rotatable bonds is 6. The third-order valence-electron chi connectivity index (χ3n) is 3.89. The van der Waals surface area contributed by atoms with E-state index in [9.17, 15) is 5.11 Å². The molecule has 1 aromatic carbocycles. The molecule has 1 aliphatic heterocycles. The standard InChI is InChI=1S/C16H25NO2/c1-2-19-15-6-3-13(4-7-15)5-8-16(18)14-9-11-17-12-10-14/h3-4,6-7,14,16-18H,2,5,8-12H2,1H3. The molecular formula is C16H25NO2. The number of ether oxygens (including phenoxy) is 1. The van der Waals surface area contributed by atoms with Gasteiger partial charge in [0, 0.05) is 0 Å². The fourth-order valence-electron chi connectivity index (χ4n) is 2.70. The fourth-order valence-corrected chi connectivity index (χ4v) is 2.70. The molecule has 1 heterocycles. The van der Waals surface area contributed by atoms with E-state index in [0.717, 1.165) is 44.5 Å². The monoisotopic (exact) mass is 263 g/mol. The molecule has 0 aromatic heterocycles. The van der Waals surface area contributed by atoms with Gasteiger partial charge in [-0.3, -0.25) is 0 Å². The lowest BCUT2D eigenvalue weighted by atomic mass is 9.89. The van der Waals surface area contributed by atoms with Crippen LogP contribution in [0.2, 0.25) is 0 Å². The Hall–Kier alpha value is -1.06. The molecule has 0 bridgehead atoms. The van der Waals surface area contributed by atoms with E-state index in [1.807, 2.05) is 19.1 Å². The molecule has 0 spiro atoms. The molecule has 0 radical (unpaired) electrons. The maximum atomic E-state index is 10.2. The van der Waals surface area contributed by atoms with Crippen molar-refractivity contribution >= 4 is 0 Å². The molecule has 1 aromatic rings. The summed E-state index contributed by atoms with van der Waals surface area (Å²) in [7, 11) is 0. The molecule has 3 heteroatoms. The van der Waals surface area contributed by atoms with Crippen LogP contribution in [0, 0.1) is 5.92 Å². The van der Waals surface area contributed by atoms with Gasteiger partial charge in [0.25, 0.3) is 0 Å². The average Bonchev–Trinajstić information content (AvgIpc) is 2.47. The van der Waals surface area contributed by atoms with E-state index in [1.165, 1.54) is 5.56 Å². The Morgan fingerprint density at radius 2 is 1.95 bits per heavy atom. The quantitative estimate of drug-likeness (QED) is 0.828. The summed E-state index contributed by atoms with van der Waals surface area (Å²) in [4.78, 5) is 0. The number of aryl methyl sites for hydroxylation is 1. The number of hydrogen-bond acceptors (Lipinski definition) is 3. The number of hydrogen-bond donors (Lipinski definition) is 2. The highest BCUT2D eigenvalue weighted by atomic mass is 16.5. The molecule has 106 valence electrons. The van der Waals surface area contributed by atoms with Crippen LogP contribution in [0.3, 0.4) is 0 Å². The lowest BCUT2D eigenvalue weighted by molar-refractivity contribution is 0.0813. The van der Waals surface area contributed by atoms with Gasteiger partial charge in [-0.05, 0) is 69.3 Å². The van der Waals surface area contributed by atoms with Crippen molar-refractivity contribution in [3.05, 3.63) is 29.8 Å². The third kappa shape index (κ3) is 4.51. The fraction of sp³-hybridized carbons (Fsp3) is 0.625. The molecular weight excluding hydrogens is 238 g/mol. The van der Waals surface area contributed by atoms with Gasteiger partial charge in [0.2, 0.25) is 0 Å². The summed E-state index contributed by atoms with van der Waals surface area (Å²) in [5, 5.41) is 13.6. The summed E-state index contributed by atoms with van der Waals surface area (Å²) in [6.45, 7) is 4.78. The van der Waals surface area contributed by atoms with E-state index < -0.39 is 0 Å². The van der Waals surface area contributed by atoms with Crippen LogP contribution < -0.4 is 10.1 Å². The first kappa shape index (κ1) is 14.4. The molecule has 1 saturated heterocycles. The Balaban J connectivity index is 1.77. The molecule has 19 heavy (non-hydrogen) atoms. The van der Waals surface area contributed by atoms with Crippen molar-refractivity contribution in [2.24, 2.45) is 5.92 Å². The Bertz CT molecular complexity index is 358. The van der Waals surface area contributed by atoms with Crippen LogP contribution in [0.15, 0.2) is 24.3 Å². The molecule has 1 fully saturated rings. The molecule has 1 atom stereocenters. The summed E-state index contributed by atoms with van der Waals surface area (Å²) >= 11 is 0. The predicted octanol–water partition coefficient (Wildman–Crippen LogP) is 2.38. The summed E-state index contributed by atoms with van der Waals surface area (Å²) in [5.74, 6) is 1.40. The number of piperidine rings is 1. The minimum absolute atomic E-state index is 0.159. The van der Waals surface area contributed by atoms with Crippen molar-refractivity contribution in [1.82, 2.24) is 5.32 Å². The van der Waals surface area contributed by atoms with E-state index in [4.69, 9.17) is 4.74 Å². The van der Waals surface area contributed by atoms with Crippen molar-refractivity contribution < 1.29 is 9.84 Å². The van der Waals surface area contributed by atoms with Gasteiger partial charge in [-0.2, -0.15) is 0 Å². The Labute approximate surface area is 116 Å². The van der Waals surface area contributed by atoms with Crippen LogP contribution in [-0.4, -0.2) is 30.9 Å². The van der Waals surface area contributed by atoms with E-state index in [0.29, 0.717) is 12.5 Å². The van der Waals surface area contributed by atoms with Gasteiger partial charge in [0.15, 0.2) is 0 Å². The van der Waals surface area contributed by atoms with Gasteiger partial charge < -0.3 is 15.2 Å². The van der Waals surface area contributed by atoms with E-state index in [1.54, 1.807) is 0 Å². The second kappa shape index (κ2) is 7.51. The highest BCUT2D eigenvalue weighted by Gasteiger charge is 2.20. The van der Waals surface area contributed by atoms with Crippen LogP contribution in [0.1, 0.15) is 31.7 Å². The predicted molar refractivity (Wildman–Crippen MR) is 77.5 cm³/mol. The van der Waals surface area contributed by atoms with Gasteiger partial charge in [-0.1, -0.05) is 12.1 Å². The van der Waals surface area contributed by atoms with Crippen LogP contribution in [0.25, 0.3) is 0 Å². The smallest absolute Gasteiger partial charge is 0.119 e. The molecule has 0 aliphatic carbocycles. The second-order valence-electron chi connectivity index (χ2n) is 5.27. The van der Waals surface area contributed by atoms with Crippen LogP contribution in [0.5, 0.6) is 5.75 Å². The van der Waals surface area contributed by atoms with Crippen molar-refractivity contribution in [3.63, 3.8) is 0 Å². The lowest BCUT2D eigenvalue weighted by Gasteiger charge is -2.27. The maximum Gasteiger partial charge on any atom is 0.119 e. The first-order chi connectivity index (χ1) is 9.29. The van der Waals surface area contributed by atoms with Crippen LogP contribution in [0.4, 0.5) is 0 Å². The number of aliphatic hydroxyl groups excluding tert-OH is 1. The first-order valence-corrected chi connectivity index (χ1v) is 7.40. The summed E-state index contributed by atoms with van der Waals surface area (Å²) in [6, 6.07) is 8.21. The van der Waals surface area contributed by atoms with Crippen molar-refractivity contribution in [2.45, 2.75) is 38.7 Å². The first-order valence-electron chi connectivity index (χ1n) is 7.40. The molecule has 2 N–H and O–H groups in total. The van der Waals surface area contributed by atoms with E-state index in [-0.39, 0.29) is 6.10 Å². The molecule has 0 saturated carbocycles. The zero-order chi connectivity index (χ0) is 13.5. The minimum atomic E-state index is -0.159. The maximum absolute atomic E-state index is 10.2. The molecule has 3 nitrogen and oxygen atoms in total. The van der Waals surface area contributed by atoms with Crippen molar-refractivity contribution in [3.8, 4) is 5.75 Å². The van der Waals surface area contributed by atoms with Gasteiger partial charge in [0.05, 0.1) is 12.7 Å². The summed E-state index contributed by atoms with van der Waals surface area (Å²) in [5.41, 5.74) is 1.27. The molecule has 2 rings (SSSR count). The van der Waals surface area contributed by atoms with Crippen LogP contribution in [-0.2, 0) is 6.42 Å². The Kier molecular flexibility index (Phi) is 5.67. The second-order valence-corrected chi connectivity index (χ2v) is 5.27. The van der Waals surface area contributed by atoms with E-state index >= 15 is 0 Å². The lowest BCUT2D eigenvalue weighted by Crippen LogP contribution is -2.34. The van der Waals surface area contributed by atoms with Crippen molar-refractivity contribution in [1.29, 1.82) is 0 Å². The highest BCUT2D eigenvalue weighted by Crippen LogP contribution is 2.21. The number of nitrogens with one attached hydrogen (secondary N) is 1. The number of benzene rings is 1. The SMILES string of the molecule is CCOc1ccc(CCC(O)C2CCNCC2)cc1. The average molecular weight is 263 g/mol. The van der Waals surface area contributed by atoms with Crippen molar-refractivity contribution in [2.75, 3.05) is 19.7 Å². The Morgan fingerprint density at radius 3 is 2.58 bits per heavy atom. The topological polar surface area (TPSA) is 41.5 Å². The van der Waals surface area contributed by atoms with Gasteiger partial charge >= 0.3 is 0 Å². The summed E-state index contributed by atoms with van der Waals surface area (Å²) in [6.07, 6.45) is 3.85. The minimum Gasteiger partial charge on any atom is -0.494 e. The highest BCUT2D eigenvalue weighted by molar-refractivity contribution is 5.27.